The van der Waals surface area contributed by atoms with Gasteiger partial charge < -0.3 is 9.67 Å². The summed E-state index contributed by atoms with van der Waals surface area (Å²) >= 11 is 0. The molecule has 3 aromatic carbocycles. The number of carbonyl (C=O) groups is 1. The number of benzene rings is 3. The second kappa shape index (κ2) is 5.29. The van der Waals surface area contributed by atoms with Gasteiger partial charge in [0.2, 0.25) is 0 Å². The Balaban J connectivity index is 1.85. The molecule has 3 nitrogen and oxygen atoms in total. The molecular formula is C20H15NO2. The minimum Gasteiger partial charge on any atom is -0.478 e. The lowest BCUT2D eigenvalue weighted by atomic mass is 10.1. The summed E-state index contributed by atoms with van der Waals surface area (Å²) in [4.78, 5) is 11.0. The highest BCUT2D eigenvalue weighted by Crippen LogP contribution is 2.29. The molecule has 3 heteroatoms. The maximum Gasteiger partial charge on any atom is 0.335 e. The van der Waals surface area contributed by atoms with Crippen molar-refractivity contribution in [3.05, 3.63) is 83.9 Å². The van der Waals surface area contributed by atoms with E-state index in [0.717, 1.165) is 5.56 Å². The molecule has 4 rings (SSSR count). The maximum atomic E-state index is 11.0. The maximum absolute atomic E-state index is 11.0. The van der Waals surface area contributed by atoms with E-state index in [1.165, 1.54) is 21.8 Å². The number of hydrogen-bond donors (Lipinski definition) is 1. The smallest absolute Gasteiger partial charge is 0.335 e. The van der Waals surface area contributed by atoms with Gasteiger partial charge in [0.05, 0.1) is 5.56 Å². The Hall–Kier alpha value is -3.07. The normalized spacial score (nSPS) is 11.1. The zero-order valence-electron chi connectivity index (χ0n) is 12.4. The number of hydrogen-bond acceptors (Lipinski definition) is 1. The summed E-state index contributed by atoms with van der Waals surface area (Å²) in [5, 5.41) is 11.5. The topological polar surface area (TPSA) is 42.2 Å². The summed E-state index contributed by atoms with van der Waals surface area (Å²) in [6.45, 7) is 0.716. The predicted molar refractivity (Wildman–Crippen MR) is 91.9 cm³/mol. The second-order valence-corrected chi connectivity index (χ2v) is 5.62. The van der Waals surface area contributed by atoms with Gasteiger partial charge >= 0.3 is 5.97 Å². The fraction of sp³-hybridized carbons (Fsp3) is 0.0500. The molecule has 0 radical (unpaired) electrons. The van der Waals surface area contributed by atoms with Crippen LogP contribution in [0, 0.1) is 0 Å². The minimum atomic E-state index is -0.895. The molecule has 0 bridgehead atoms. The van der Waals surface area contributed by atoms with Crippen molar-refractivity contribution in [2.24, 2.45) is 0 Å². The summed E-state index contributed by atoms with van der Waals surface area (Å²) < 4.78 is 2.28. The molecule has 112 valence electrons. The number of aromatic carboxylic acids is 1. The molecule has 23 heavy (non-hydrogen) atoms. The van der Waals surface area contributed by atoms with Crippen molar-refractivity contribution in [3.8, 4) is 0 Å². The van der Waals surface area contributed by atoms with Crippen LogP contribution < -0.4 is 0 Å². The fourth-order valence-electron chi connectivity index (χ4n) is 3.11. The Morgan fingerprint density at radius 3 is 1.83 bits per heavy atom. The lowest BCUT2D eigenvalue weighted by Gasteiger charge is -2.08. The third-order valence-corrected chi connectivity index (χ3v) is 4.22. The molecule has 0 aliphatic rings. The molecule has 1 aromatic heterocycles. The Labute approximate surface area is 133 Å². The van der Waals surface area contributed by atoms with E-state index in [4.69, 9.17) is 5.11 Å². The minimum absolute atomic E-state index is 0.316. The van der Waals surface area contributed by atoms with Crippen molar-refractivity contribution >= 4 is 27.8 Å². The van der Waals surface area contributed by atoms with E-state index < -0.39 is 5.97 Å². The van der Waals surface area contributed by atoms with Gasteiger partial charge in [0.25, 0.3) is 0 Å². The van der Waals surface area contributed by atoms with Crippen LogP contribution in [-0.4, -0.2) is 15.6 Å². The largest absolute Gasteiger partial charge is 0.478 e. The number of rotatable bonds is 3. The zero-order valence-corrected chi connectivity index (χ0v) is 12.4. The van der Waals surface area contributed by atoms with Crippen molar-refractivity contribution in [2.75, 3.05) is 0 Å². The number of aromatic nitrogens is 1. The van der Waals surface area contributed by atoms with E-state index in [1.807, 2.05) is 24.3 Å². The summed E-state index contributed by atoms with van der Waals surface area (Å²) in [7, 11) is 0. The molecule has 0 fully saturated rings. The summed E-state index contributed by atoms with van der Waals surface area (Å²) in [6, 6.07) is 23.8. The standard InChI is InChI=1S/C20H15NO2/c22-20(23)15-11-9-14(10-12-15)13-21-18-7-3-1-5-16(18)17-6-2-4-8-19(17)21/h1-12H,13H2,(H,22,23). The predicted octanol–water partition coefficient (Wildman–Crippen LogP) is 4.54. The van der Waals surface area contributed by atoms with E-state index in [2.05, 4.69) is 41.0 Å². The molecular weight excluding hydrogens is 286 g/mol. The van der Waals surface area contributed by atoms with Crippen LogP contribution in [0.5, 0.6) is 0 Å². The summed E-state index contributed by atoms with van der Waals surface area (Å²) in [5.74, 6) is -0.895. The van der Waals surface area contributed by atoms with Crippen molar-refractivity contribution in [1.82, 2.24) is 4.57 Å². The monoisotopic (exact) mass is 301 g/mol. The summed E-state index contributed by atoms with van der Waals surface area (Å²) in [6.07, 6.45) is 0. The van der Waals surface area contributed by atoms with Gasteiger partial charge in [0.15, 0.2) is 0 Å². The third kappa shape index (κ3) is 2.27. The first-order chi connectivity index (χ1) is 11.2. The fourth-order valence-corrected chi connectivity index (χ4v) is 3.11. The van der Waals surface area contributed by atoms with E-state index in [9.17, 15) is 4.79 Å². The molecule has 4 aromatic rings. The quantitative estimate of drug-likeness (QED) is 0.603. The summed E-state index contributed by atoms with van der Waals surface area (Å²) in [5.41, 5.74) is 3.78. The van der Waals surface area contributed by atoms with E-state index in [1.54, 1.807) is 12.1 Å². The number of carboxylic acid groups (broad SMARTS) is 1. The van der Waals surface area contributed by atoms with Crippen LogP contribution in [0.25, 0.3) is 21.8 Å². The molecule has 0 atom stereocenters. The first kappa shape index (κ1) is 13.6. The molecule has 1 heterocycles. The second-order valence-electron chi connectivity index (χ2n) is 5.62. The first-order valence-corrected chi connectivity index (χ1v) is 7.52. The Kier molecular flexibility index (Phi) is 3.12. The van der Waals surface area contributed by atoms with Crippen LogP contribution in [0.2, 0.25) is 0 Å². The zero-order chi connectivity index (χ0) is 15.8. The first-order valence-electron chi connectivity index (χ1n) is 7.52. The van der Waals surface area contributed by atoms with Gasteiger partial charge in [-0.05, 0) is 29.8 Å². The molecule has 0 amide bonds. The Morgan fingerprint density at radius 2 is 1.30 bits per heavy atom. The molecule has 0 saturated heterocycles. The highest BCUT2D eigenvalue weighted by atomic mass is 16.4. The van der Waals surface area contributed by atoms with Gasteiger partial charge in [0.1, 0.15) is 0 Å². The number of nitrogens with zero attached hydrogens (tertiary/aromatic N) is 1. The van der Waals surface area contributed by atoms with Crippen LogP contribution in [0.1, 0.15) is 15.9 Å². The van der Waals surface area contributed by atoms with E-state index in [-0.39, 0.29) is 0 Å². The number of para-hydroxylation sites is 2. The van der Waals surface area contributed by atoms with Gasteiger partial charge in [-0.15, -0.1) is 0 Å². The third-order valence-electron chi connectivity index (χ3n) is 4.22. The van der Waals surface area contributed by atoms with Gasteiger partial charge in [0, 0.05) is 28.4 Å². The highest BCUT2D eigenvalue weighted by molar-refractivity contribution is 6.08. The van der Waals surface area contributed by atoms with Crippen LogP contribution in [0.3, 0.4) is 0 Å². The van der Waals surface area contributed by atoms with Crippen LogP contribution in [0.15, 0.2) is 72.8 Å². The van der Waals surface area contributed by atoms with Crippen molar-refractivity contribution < 1.29 is 9.90 Å². The molecule has 0 aliphatic carbocycles. The molecule has 0 saturated carbocycles. The average molecular weight is 301 g/mol. The lowest BCUT2D eigenvalue weighted by Crippen LogP contribution is -2.01. The van der Waals surface area contributed by atoms with Gasteiger partial charge in [-0.3, -0.25) is 0 Å². The van der Waals surface area contributed by atoms with Gasteiger partial charge in [-0.25, -0.2) is 4.79 Å². The van der Waals surface area contributed by atoms with Crippen LogP contribution in [0.4, 0.5) is 0 Å². The molecule has 0 spiro atoms. The highest BCUT2D eigenvalue weighted by Gasteiger charge is 2.10. The molecule has 0 unspecified atom stereocenters. The van der Waals surface area contributed by atoms with Crippen LogP contribution >= 0.6 is 0 Å². The molecule has 0 aliphatic heterocycles. The van der Waals surface area contributed by atoms with E-state index in [0.29, 0.717) is 12.1 Å². The average Bonchev–Trinajstić information content (AvgIpc) is 2.90. The molecule has 1 N–H and O–H groups in total. The number of fused-ring (bicyclic) bond motifs is 3. The van der Waals surface area contributed by atoms with Crippen molar-refractivity contribution in [1.29, 1.82) is 0 Å². The van der Waals surface area contributed by atoms with Crippen molar-refractivity contribution in [2.45, 2.75) is 6.54 Å². The van der Waals surface area contributed by atoms with E-state index >= 15 is 0 Å². The van der Waals surface area contributed by atoms with Gasteiger partial charge in [-0.2, -0.15) is 0 Å². The SMILES string of the molecule is O=C(O)c1ccc(Cn2c3ccccc3c3ccccc32)cc1. The Bertz CT molecular complexity index is 960. The van der Waals surface area contributed by atoms with Crippen molar-refractivity contribution in [3.63, 3.8) is 0 Å². The van der Waals surface area contributed by atoms with Gasteiger partial charge in [-0.1, -0.05) is 48.5 Å². The van der Waals surface area contributed by atoms with Crippen LogP contribution in [-0.2, 0) is 6.54 Å². The Morgan fingerprint density at radius 1 is 0.783 bits per heavy atom. The number of carboxylic acids is 1. The lowest BCUT2D eigenvalue weighted by molar-refractivity contribution is 0.0697.